The van der Waals surface area contributed by atoms with Crippen molar-refractivity contribution < 1.29 is 28.5 Å². The molecule has 2 aromatic rings. The smallest absolute Gasteiger partial charge is 0.240 e. The number of unbranched alkanes of at least 4 members (excludes halogenated alkanes) is 4. The number of hydrogen-bond donors (Lipinski definition) is 0. The Morgan fingerprint density at radius 2 is 1.68 bits per heavy atom. The van der Waals surface area contributed by atoms with Crippen LogP contribution < -0.4 is 33.4 Å². The molecule has 0 saturated heterocycles. The molecule has 0 unspecified atom stereocenters. The van der Waals surface area contributed by atoms with E-state index in [2.05, 4.69) is 79.9 Å². The fourth-order valence-electron chi connectivity index (χ4n) is 2.90. The van der Waals surface area contributed by atoms with Gasteiger partial charge in [0, 0.05) is 33.5 Å². The number of aromatic nitrogens is 1. The molecule has 4 heteroatoms. The molecule has 0 atom stereocenters. The molecule has 0 saturated carbocycles. The molecule has 1 aromatic heterocycles. The Kier molecular flexibility index (Phi) is 10.4. The normalized spacial score (nSPS) is 10.9. The van der Waals surface area contributed by atoms with E-state index in [9.17, 15) is 0 Å². The van der Waals surface area contributed by atoms with Gasteiger partial charge in [-0.3, -0.25) is 0 Å². The lowest BCUT2D eigenvalue weighted by Gasteiger charge is -2.07. The van der Waals surface area contributed by atoms with Gasteiger partial charge < -0.3 is 28.9 Å². The number of nitrogens with zero attached hydrogens (tertiary/aromatic N) is 2. The summed E-state index contributed by atoms with van der Waals surface area (Å²) in [5, 5.41) is 2.73. The van der Waals surface area contributed by atoms with Crippen molar-refractivity contribution in [3.05, 3.63) is 46.6 Å². The van der Waals surface area contributed by atoms with E-state index in [0.717, 1.165) is 6.54 Å². The fourth-order valence-corrected chi connectivity index (χ4v) is 3.95. The second-order valence-electron chi connectivity index (χ2n) is 6.52. The van der Waals surface area contributed by atoms with Crippen molar-refractivity contribution in [2.45, 2.75) is 52.5 Å². The first-order chi connectivity index (χ1) is 11.6. The second-order valence-corrected chi connectivity index (χ2v) is 7.70. The summed E-state index contributed by atoms with van der Waals surface area (Å²) in [6.45, 7) is 5.63. The number of hydrogen-bond acceptors (Lipinski definition) is 2. The van der Waals surface area contributed by atoms with E-state index in [4.69, 9.17) is 0 Å². The minimum Gasteiger partial charge on any atom is -1.00 e. The van der Waals surface area contributed by atoms with Crippen LogP contribution in [0, 0.1) is 6.92 Å². The van der Waals surface area contributed by atoms with E-state index in [1.165, 1.54) is 53.4 Å². The van der Waals surface area contributed by atoms with Crippen LogP contribution in [-0.4, -0.2) is 14.1 Å². The first kappa shape index (κ1) is 22.2. The van der Waals surface area contributed by atoms with Crippen LogP contribution in [0.4, 0.5) is 5.00 Å². The molecule has 2 nitrogen and oxygen atoms in total. The quantitative estimate of drug-likeness (QED) is 0.311. The Morgan fingerprint density at radius 3 is 2.32 bits per heavy atom. The van der Waals surface area contributed by atoms with E-state index in [1.54, 1.807) is 0 Å². The molecular formula is C21H31IN2S. The third kappa shape index (κ3) is 6.74. The molecule has 0 amide bonds. The van der Waals surface area contributed by atoms with Crippen molar-refractivity contribution in [1.29, 1.82) is 0 Å². The van der Waals surface area contributed by atoms with Gasteiger partial charge in [-0.1, -0.05) is 56.5 Å². The van der Waals surface area contributed by atoms with Crippen LogP contribution in [-0.2, 0) is 6.54 Å². The lowest BCUT2D eigenvalue weighted by atomic mass is 10.1. The SMILES string of the molecule is CCCCCCC[n+]1c(C)sc(N(C)C)c1C=Cc1ccccc1.[I-]. The summed E-state index contributed by atoms with van der Waals surface area (Å²) in [4.78, 5) is 2.23. The second kappa shape index (κ2) is 11.7. The molecule has 0 bridgehead atoms. The molecule has 0 aliphatic rings. The van der Waals surface area contributed by atoms with Crippen LogP contribution in [0.1, 0.15) is 55.3 Å². The van der Waals surface area contributed by atoms with Gasteiger partial charge in [-0.05, 0) is 29.4 Å². The van der Waals surface area contributed by atoms with Crippen molar-refractivity contribution in [2.75, 3.05) is 19.0 Å². The Hall–Kier alpha value is -0.880. The highest BCUT2D eigenvalue weighted by Gasteiger charge is 2.22. The Labute approximate surface area is 174 Å². The van der Waals surface area contributed by atoms with Crippen LogP contribution in [0.3, 0.4) is 0 Å². The topological polar surface area (TPSA) is 7.12 Å². The highest BCUT2D eigenvalue weighted by atomic mass is 127. The van der Waals surface area contributed by atoms with Gasteiger partial charge in [-0.25, -0.2) is 0 Å². The highest BCUT2D eigenvalue weighted by molar-refractivity contribution is 7.15. The molecule has 2 rings (SSSR count). The van der Waals surface area contributed by atoms with Gasteiger partial charge in [-0.15, -0.1) is 0 Å². The first-order valence-corrected chi connectivity index (χ1v) is 9.88. The molecule has 0 fully saturated rings. The van der Waals surface area contributed by atoms with Gasteiger partial charge in [0.05, 0.1) is 0 Å². The zero-order chi connectivity index (χ0) is 17.4. The van der Waals surface area contributed by atoms with E-state index in [1.807, 2.05) is 11.3 Å². The number of aryl methyl sites for hydroxylation is 1. The first-order valence-electron chi connectivity index (χ1n) is 9.07. The van der Waals surface area contributed by atoms with Gasteiger partial charge in [0.25, 0.3) is 0 Å². The summed E-state index contributed by atoms with van der Waals surface area (Å²) >= 11 is 1.89. The average molecular weight is 470 g/mol. The standard InChI is InChI=1S/C21H31N2S.HI/c1-5-6-7-8-12-17-23-18(2)24-21(22(3)4)20(23)16-15-19-13-10-9-11-14-19;/h9-11,13-16H,5-8,12,17H2,1-4H3;1H/q+1;/p-1. The molecule has 0 radical (unpaired) electrons. The van der Waals surface area contributed by atoms with E-state index < -0.39 is 0 Å². The van der Waals surface area contributed by atoms with Crippen molar-refractivity contribution >= 4 is 28.5 Å². The predicted molar refractivity (Wildman–Crippen MR) is 108 cm³/mol. The molecule has 25 heavy (non-hydrogen) atoms. The lowest BCUT2D eigenvalue weighted by molar-refractivity contribution is -0.699. The summed E-state index contributed by atoms with van der Waals surface area (Å²) in [6.07, 6.45) is 11.1. The predicted octanol–water partition coefficient (Wildman–Crippen LogP) is 2.55. The van der Waals surface area contributed by atoms with Crippen molar-refractivity contribution in [3.63, 3.8) is 0 Å². The summed E-state index contributed by atoms with van der Waals surface area (Å²) in [5.41, 5.74) is 2.59. The van der Waals surface area contributed by atoms with Gasteiger partial charge in [0.15, 0.2) is 5.00 Å². The lowest BCUT2D eigenvalue weighted by Crippen LogP contribution is -3.00. The van der Waals surface area contributed by atoms with E-state index >= 15 is 0 Å². The summed E-state index contributed by atoms with van der Waals surface area (Å²) < 4.78 is 2.49. The maximum Gasteiger partial charge on any atom is 0.240 e. The van der Waals surface area contributed by atoms with Crippen molar-refractivity contribution in [2.24, 2.45) is 0 Å². The third-order valence-corrected chi connectivity index (χ3v) is 5.54. The fraction of sp³-hybridized carbons (Fsp3) is 0.476. The van der Waals surface area contributed by atoms with Crippen molar-refractivity contribution in [1.82, 2.24) is 0 Å². The zero-order valence-corrected chi connectivity index (χ0v) is 18.9. The maximum absolute atomic E-state index is 2.49. The molecule has 0 spiro atoms. The monoisotopic (exact) mass is 470 g/mol. The van der Waals surface area contributed by atoms with E-state index in [-0.39, 0.29) is 24.0 Å². The van der Waals surface area contributed by atoms with Gasteiger partial charge in [0.1, 0.15) is 6.54 Å². The number of rotatable bonds is 9. The van der Waals surface area contributed by atoms with Crippen LogP contribution in [0.2, 0.25) is 0 Å². The van der Waals surface area contributed by atoms with Gasteiger partial charge in [-0.2, -0.15) is 4.57 Å². The molecule has 0 aliphatic heterocycles. The largest absolute Gasteiger partial charge is 1.00 e. The van der Waals surface area contributed by atoms with E-state index in [0.29, 0.717) is 0 Å². The zero-order valence-electron chi connectivity index (χ0n) is 16.0. The van der Waals surface area contributed by atoms with Gasteiger partial charge in [0.2, 0.25) is 10.7 Å². The van der Waals surface area contributed by atoms with Crippen LogP contribution in [0.25, 0.3) is 12.2 Å². The summed E-state index contributed by atoms with van der Waals surface area (Å²) in [6, 6.07) is 10.6. The van der Waals surface area contributed by atoms with Gasteiger partial charge >= 0.3 is 0 Å². The number of benzene rings is 1. The minimum absolute atomic E-state index is 0. The average Bonchev–Trinajstić information content (AvgIpc) is 2.90. The molecule has 1 aromatic carbocycles. The molecule has 1 heterocycles. The number of thiazole rings is 1. The molecule has 0 N–H and O–H groups in total. The third-order valence-electron chi connectivity index (χ3n) is 4.26. The Balaban J connectivity index is 0.00000312. The van der Waals surface area contributed by atoms with Crippen LogP contribution in [0.5, 0.6) is 0 Å². The minimum atomic E-state index is 0. The maximum atomic E-state index is 2.49. The number of anilines is 1. The highest BCUT2D eigenvalue weighted by Crippen LogP contribution is 2.27. The molecule has 0 aliphatic carbocycles. The molecule has 138 valence electrons. The van der Waals surface area contributed by atoms with Crippen molar-refractivity contribution in [3.8, 4) is 0 Å². The summed E-state index contributed by atoms with van der Waals surface area (Å²) in [5.74, 6) is 0. The molecular weight excluding hydrogens is 439 g/mol. The number of halogens is 1. The van der Waals surface area contributed by atoms with Crippen LogP contribution >= 0.6 is 11.3 Å². The van der Waals surface area contributed by atoms with Crippen LogP contribution in [0.15, 0.2) is 30.3 Å². The Morgan fingerprint density at radius 1 is 1.00 bits per heavy atom. The summed E-state index contributed by atoms with van der Waals surface area (Å²) in [7, 11) is 4.27. The Bertz CT molecular complexity index is 647.